The van der Waals surface area contributed by atoms with Crippen LogP contribution in [0.4, 0.5) is 0 Å². The topological polar surface area (TPSA) is 64.7 Å². The highest BCUT2D eigenvalue weighted by atomic mass is 32.1. The first-order valence-corrected chi connectivity index (χ1v) is 19.0. The lowest BCUT2D eigenvalue weighted by Gasteiger charge is -2.10. The standard InChI is InChI=1S/C46H26N4OS2/c1-2-10-28(11-3-1)43-48-44(30-24-25-33-32-12-4-6-18-38(32)52-40(33)26-30)50-45(49-43)34-14-9-17-37-42(34)41-31(13-8-16-36(41)51-37)27-20-22-29(23-21-27)46-47-35-15-5-7-19-39(35)53-46/h1-26H. The van der Waals surface area contributed by atoms with Crippen LogP contribution in [0.1, 0.15) is 0 Å². The van der Waals surface area contributed by atoms with Gasteiger partial charge in [-0.25, -0.2) is 19.9 Å². The molecule has 0 spiro atoms. The molecular formula is C46H26N4OS2. The Morgan fingerprint density at radius 1 is 0.377 bits per heavy atom. The van der Waals surface area contributed by atoms with Crippen molar-refractivity contribution in [2.75, 3.05) is 0 Å². The highest BCUT2D eigenvalue weighted by molar-refractivity contribution is 7.25. The average Bonchev–Trinajstić information content (AvgIpc) is 3.94. The zero-order valence-corrected chi connectivity index (χ0v) is 29.7. The summed E-state index contributed by atoms with van der Waals surface area (Å²) in [6.07, 6.45) is 0. The third kappa shape index (κ3) is 5.04. The van der Waals surface area contributed by atoms with Gasteiger partial charge in [0.15, 0.2) is 17.5 Å². The summed E-state index contributed by atoms with van der Waals surface area (Å²) in [5, 5.41) is 5.52. The zero-order chi connectivity index (χ0) is 34.9. The number of aromatic nitrogens is 4. The lowest BCUT2D eigenvalue weighted by Crippen LogP contribution is -2.00. The number of nitrogens with zero attached hydrogens (tertiary/aromatic N) is 4. The molecule has 0 aliphatic rings. The Morgan fingerprint density at radius 3 is 1.81 bits per heavy atom. The van der Waals surface area contributed by atoms with Gasteiger partial charge >= 0.3 is 0 Å². The minimum atomic E-state index is 0.597. The molecule has 11 aromatic rings. The highest BCUT2D eigenvalue weighted by Gasteiger charge is 2.20. The monoisotopic (exact) mass is 714 g/mol. The Bertz CT molecular complexity index is 3150. The van der Waals surface area contributed by atoms with E-state index < -0.39 is 0 Å². The predicted octanol–water partition coefficient (Wildman–Crippen LogP) is 13.1. The summed E-state index contributed by atoms with van der Waals surface area (Å²) in [5.41, 5.74) is 8.66. The van der Waals surface area contributed by atoms with Gasteiger partial charge in [0, 0.05) is 53.2 Å². The van der Waals surface area contributed by atoms with Crippen LogP contribution < -0.4 is 0 Å². The fourth-order valence-electron chi connectivity index (χ4n) is 7.29. The summed E-state index contributed by atoms with van der Waals surface area (Å²) in [7, 11) is 0. The minimum absolute atomic E-state index is 0.597. The molecule has 248 valence electrons. The maximum Gasteiger partial charge on any atom is 0.164 e. The van der Waals surface area contributed by atoms with Gasteiger partial charge in [0.25, 0.3) is 0 Å². The Balaban J connectivity index is 1.09. The van der Waals surface area contributed by atoms with Crippen LogP contribution in [0.15, 0.2) is 162 Å². The van der Waals surface area contributed by atoms with Gasteiger partial charge in [0.05, 0.1) is 10.2 Å². The molecule has 0 saturated heterocycles. The minimum Gasteiger partial charge on any atom is -0.456 e. The number of fused-ring (bicyclic) bond motifs is 7. The van der Waals surface area contributed by atoms with Crippen molar-refractivity contribution in [3.05, 3.63) is 158 Å². The molecule has 0 N–H and O–H groups in total. The normalized spacial score (nSPS) is 11.8. The molecule has 0 fully saturated rings. The lowest BCUT2D eigenvalue weighted by atomic mass is 9.96. The van der Waals surface area contributed by atoms with Crippen LogP contribution in [0, 0.1) is 0 Å². The third-order valence-corrected chi connectivity index (χ3v) is 12.0. The van der Waals surface area contributed by atoms with Crippen molar-refractivity contribution in [1.29, 1.82) is 0 Å². The average molecular weight is 715 g/mol. The van der Waals surface area contributed by atoms with Crippen molar-refractivity contribution in [2.45, 2.75) is 0 Å². The second kappa shape index (κ2) is 12.0. The molecule has 0 aliphatic carbocycles. The molecule has 0 unspecified atom stereocenters. The smallest absolute Gasteiger partial charge is 0.164 e. The Kier molecular flexibility index (Phi) is 6.83. The fraction of sp³-hybridized carbons (Fsp3) is 0. The van der Waals surface area contributed by atoms with Gasteiger partial charge in [-0.05, 0) is 47.5 Å². The maximum absolute atomic E-state index is 6.53. The van der Waals surface area contributed by atoms with E-state index >= 15 is 0 Å². The summed E-state index contributed by atoms with van der Waals surface area (Å²) in [6, 6.07) is 54.5. The van der Waals surface area contributed by atoms with Crippen molar-refractivity contribution in [3.63, 3.8) is 0 Å². The van der Waals surface area contributed by atoms with E-state index in [1.54, 1.807) is 22.7 Å². The van der Waals surface area contributed by atoms with Crippen LogP contribution in [0.5, 0.6) is 0 Å². The first-order valence-electron chi connectivity index (χ1n) is 17.4. The van der Waals surface area contributed by atoms with E-state index in [2.05, 4.69) is 103 Å². The van der Waals surface area contributed by atoms with Gasteiger partial charge in [-0.1, -0.05) is 121 Å². The number of benzene rings is 7. The predicted molar refractivity (Wildman–Crippen MR) is 220 cm³/mol. The number of hydrogen-bond donors (Lipinski definition) is 0. The van der Waals surface area contributed by atoms with Crippen LogP contribution in [-0.4, -0.2) is 19.9 Å². The van der Waals surface area contributed by atoms with Crippen LogP contribution in [0.25, 0.3) is 108 Å². The number of para-hydroxylation sites is 1. The molecule has 7 heteroatoms. The van der Waals surface area contributed by atoms with Crippen LogP contribution in [0.3, 0.4) is 0 Å². The van der Waals surface area contributed by atoms with Crippen LogP contribution >= 0.6 is 22.7 Å². The fourth-order valence-corrected chi connectivity index (χ4v) is 9.40. The number of hydrogen-bond acceptors (Lipinski definition) is 7. The molecule has 5 nitrogen and oxygen atoms in total. The van der Waals surface area contributed by atoms with E-state index in [0.717, 1.165) is 65.8 Å². The second-order valence-corrected chi connectivity index (χ2v) is 15.1. The van der Waals surface area contributed by atoms with E-state index in [0.29, 0.717) is 17.5 Å². The molecule has 4 aromatic heterocycles. The largest absolute Gasteiger partial charge is 0.456 e. The van der Waals surface area contributed by atoms with Crippen LogP contribution in [-0.2, 0) is 0 Å². The van der Waals surface area contributed by atoms with Gasteiger partial charge in [-0.2, -0.15) is 0 Å². The van der Waals surface area contributed by atoms with Crippen LogP contribution in [0.2, 0.25) is 0 Å². The van der Waals surface area contributed by atoms with E-state index in [1.807, 2.05) is 54.6 Å². The lowest BCUT2D eigenvalue weighted by molar-refractivity contribution is 0.669. The van der Waals surface area contributed by atoms with Gasteiger partial charge in [-0.3, -0.25) is 0 Å². The molecule has 4 heterocycles. The SMILES string of the molecule is c1ccc(-c2nc(-c3ccc4c(c3)sc3ccccc34)nc(-c3cccc4oc5cccc(-c6ccc(-c7nc8ccccc8s7)cc6)c5c34)n2)cc1. The summed E-state index contributed by atoms with van der Waals surface area (Å²) < 4.78 is 10.2. The van der Waals surface area contributed by atoms with E-state index in [9.17, 15) is 0 Å². The summed E-state index contributed by atoms with van der Waals surface area (Å²) in [5.74, 6) is 1.85. The summed E-state index contributed by atoms with van der Waals surface area (Å²) >= 11 is 3.50. The first-order chi connectivity index (χ1) is 26.2. The molecule has 7 aromatic carbocycles. The molecular weight excluding hydrogens is 689 g/mol. The van der Waals surface area contributed by atoms with Gasteiger partial charge < -0.3 is 4.42 Å². The molecule has 0 atom stereocenters. The number of rotatable bonds is 5. The van der Waals surface area contributed by atoms with E-state index in [4.69, 9.17) is 24.4 Å². The van der Waals surface area contributed by atoms with Gasteiger partial charge in [0.2, 0.25) is 0 Å². The van der Waals surface area contributed by atoms with Gasteiger partial charge in [0.1, 0.15) is 16.2 Å². The molecule has 0 saturated carbocycles. The highest BCUT2D eigenvalue weighted by Crippen LogP contribution is 2.42. The molecule has 0 bridgehead atoms. The summed E-state index contributed by atoms with van der Waals surface area (Å²) in [4.78, 5) is 20.3. The van der Waals surface area contributed by atoms with Crippen molar-refractivity contribution >= 4 is 75.0 Å². The van der Waals surface area contributed by atoms with Gasteiger partial charge in [-0.15, -0.1) is 22.7 Å². The number of thiophene rings is 1. The Labute approximate surface area is 311 Å². The molecule has 11 rings (SSSR count). The molecule has 0 aliphatic heterocycles. The molecule has 0 amide bonds. The van der Waals surface area contributed by atoms with E-state index in [-0.39, 0.29) is 0 Å². The summed E-state index contributed by atoms with van der Waals surface area (Å²) in [6.45, 7) is 0. The van der Waals surface area contributed by atoms with Crippen molar-refractivity contribution in [1.82, 2.24) is 19.9 Å². The number of thiazole rings is 1. The van der Waals surface area contributed by atoms with Crippen molar-refractivity contribution < 1.29 is 4.42 Å². The first kappa shape index (κ1) is 30.1. The Morgan fingerprint density at radius 2 is 1.00 bits per heavy atom. The molecule has 53 heavy (non-hydrogen) atoms. The number of furan rings is 1. The van der Waals surface area contributed by atoms with Crippen molar-refractivity contribution in [2.24, 2.45) is 0 Å². The second-order valence-electron chi connectivity index (χ2n) is 13.0. The molecule has 0 radical (unpaired) electrons. The Hall–Kier alpha value is -6.54. The third-order valence-electron chi connectivity index (χ3n) is 9.80. The maximum atomic E-state index is 6.53. The van der Waals surface area contributed by atoms with Crippen molar-refractivity contribution in [3.8, 4) is 55.9 Å². The van der Waals surface area contributed by atoms with E-state index in [1.165, 1.54) is 24.9 Å². The quantitative estimate of drug-likeness (QED) is 0.178. The zero-order valence-electron chi connectivity index (χ0n) is 28.0.